The predicted molar refractivity (Wildman–Crippen MR) is 139 cm³/mol. The van der Waals surface area contributed by atoms with Crippen LogP contribution >= 0.6 is 0 Å². The van der Waals surface area contributed by atoms with Gasteiger partial charge in [-0.1, -0.05) is 26.0 Å². The number of carbonyl (C=O) groups is 1. The summed E-state index contributed by atoms with van der Waals surface area (Å²) >= 11 is 0. The number of nitrogens with zero attached hydrogens (tertiary/aromatic N) is 2. The fourth-order valence-corrected chi connectivity index (χ4v) is 4.73. The van der Waals surface area contributed by atoms with Crippen LogP contribution in [0.3, 0.4) is 0 Å². The second kappa shape index (κ2) is 11.5. The summed E-state index contributed by atoms with van der Waals surface area (Å²) in [5.41, 5.74) is 8.72. The number of benzene rings is 2. The molecule has 4 rings (SSSR count). The van der Waals surface area contributed by atoms with Crippen molar-refractivity contribution < 1.29 is 13.6 Å². The quantitative estimate of drug-likeness (QED) is 0.359. The van der Waals surface area contributed by atoms with Gasteiger partial charge in [0, 0.05) is 37.1 Å². The zero-order chi connectivity index (χ0) is 25.7. The second-order valence-electron chi connectivity index (χ2n) is 9.83. The Morgan fingerprint density at radius 1 is 1.08 bits per heavy atom. The molecule has 190 valence electrons. The summed E-state index contributed by atoms with van der Waals surface area (Å²) in [7, 11) is 0. The van der Waals surface area contributed by atoms with Crippen LogP contribution < -0.4 is 16.4 Å². The van der Waals surface area contributed by atoms with Crippen LogP contribution in [0, 0.1) is 17.6 Å². The Hall–Kier alpha value is -3.52. The molecule has 0 spiro atoms. The Kier molecular flexibility index (Phi) is 8.15. The van der Waals surface area contributed by atoms with Crippen molar-refractivity contribution in [3.63, 3.8) is 0 Å². The van der Waals surface area contributed by atoms with Gasteiger partial charge >= 0.3 is 0 Å². The summed E-state index contributed by atoms with van der Waals surface area (Å²) in [4.78, 5) is 18.7. The molecule has 1 saturated heterocycles. The van der Waals surface area contributed by atoms with E-state index in [1.54, 1.807) is 6.07 Å². The van der Waals surface area contributed by atoms with E-state index < -0.39 is 17.5 Å². The van der Waals surface area contributed by atoms with Crippen molar-refractivity contribution in [3.05, 3.63) is 83.1 Å². The van der Waals surface area contributed by atoms with E-state index in [9.17, 15) is 13.6 Å². The minimum absolute atomic E-state index is 0.114. The number of nitrogens with two attached hydrogens (primary N) is 1. The number of anilines is 3. The molecule has 0 radical (unpaired) electrons. The first-order chi connectivity index (χ1) is 17.3. The Labute approximate surface area is 210 Å². The molecule has 0 atom stereocenters. The summed E-state index contributed by atoms with van der Waals surface area (Å²) in [5, 5.41) is 6.29. The molecule has 1 amide bonds. The van der Waals surface area contributed by atoms with E-state index in [-0.39, 0.29) is 12.1 Å². The zero-order valence-corrected chi connectivity index (χ0v) is 20.7. The number of primary amides is 1. The molecule has 36 heavy (non-hydrogen) atoms. The lowest BCUT2D eigenvalue weighted by molar-refractivity contribution is 0.100. The number of hydrogen-bond donors (Lipinski definition) is 3. The third kappa shape index (κ3) is 6.79. The highest BCUT2D eigenvalue weighted by molar-refractivity contribution is 5.98. The number of pyridine rings is 1. The highest BCUT2D eigenvalue weighted by atomic mass is 19.1. The summed E-state index contributed by atoms with van der Waals surface area (Å²) < 4.78 is 27.0. The van der Waals surface area contributed by atoms with Crippen molar-refractivity contribution >= 4 is 23.1 Å². The van der Waals surface area contributed by atoms with Crippen molar-refractivity contribution in [1.29, 1.82) is 0 Å². The second-order valence-corrected chi connectivity index (χ2v) is 9.83. The normalized spacial score (nSPS) is 14.7. The van der Waals surface area contributed by atoms with Crippen LogP contribution in [-0.4, -0.2) is 35.4 Å². The molecule has 6 nitrogen and oxygen atoms in total. The van der Waals surface area contributed by atoms with Gasteiger partial charge in [-0.15, -0.1) is 0 Å². The van der Waals surface area contributed by atoms with Crippen LogP contribution in [0.2, 0.25) is 0 Å². The number of likely N-dealkylation sites (tertiary alicyclic amines) is 1. The molecule has 0 unspecified atom stereocenters. The molecule has 0 saturated carbocycles. The van der Waals surface area contributed by atoms with Crippen molar-refractivity contribution in [1.82, 2.24) is 9.88 Å². The van der Waals surface area contributed by atoms with Crippen molar-refractivity contribution in [3.8, 4) is 0 Å². The highest BCUT2D eigenvalue weighted by Gasteiger charge is 2.21. The van der Waals surface area contributed by atoms with Crippen LogP contribution in [0.1, 0.15) is 54.1 Å². The fraction of sp³-hybridized carbons (Fsp3) is 0.357. The number of carbonyl (C=O) groups excluding carboxylic acids is 1. The maximum absolute atomic E-state index is 13.5. The highest BCUT2D eigenvalue weighted by Crippen LogP contribution is 2.30. The Morgan fingerprint density at radius 3 is 2.36 bits per heavy atom. The van der Waals surface area contributed by atoms with Gasteiger partial charge in [-0.25, -0.2) is 13.8 Å². The van der Waals surface area contributed by atoms with Gasteiger partial charge in [0.1, 0.15) is 17.5 Å². The average molecular weight is 494 g/mol. The van der Waals surface area contributed by atoms with Gasteiger partial charge in [0.15, 0.2) is 0 Å². The van der Waals surface area contributed by atoms with Gasteiger partial charge in [-0.2, -0.15) is 0 Å². The van der Waals surface area contributed by atoms with Crippen LogP contribution in [0.25, 0.3) is 0 Å². The summed E-state index contributed by atoms with van der Waals surface area (Å²) in [6, 6.07) is 13.3. The van der Waals surface area contributed by atoms with E-state index >= 15 is 0 Å². The average Bonchev–Trinajstić information content (AvgIpc) is 2.83. The molecule has 1 aromatic heterocycles. The summed E-state index contributed by atoms with van der Waals surface area (Å²) in [5.74, 6) is -0.197. The number of piperidine rings is 1. The van der Waals surface area contributed by atoms with Gasteiger partial charge in [-0.05, 0) is 73.2 Å². The smallest absolute Gasteiger partial charge is 0.252 e. The molecule has 2 heterocycles. The van der Waals surface area contributed by atoms with E-state index in [4.69, 9.17) is 5.73 Å². The minimum Gasteiger partial charge on any atom is -0.380 e. The lowest BCUT2D eigenvalue weighted by Crippen LogP contribution is -2.35. The maximum atomic E-state index is 13.5. The largest absolute Gasteiger partial charge is 0.380 e. The van der Waals surface area contributed by atoms with Crippen LogP contribution in [0.4, 0.5) is 26.0 Å². The SMILES string of the molecule is CC(C)CN1CCC(c2ccc(Nc3cc(NCc4cc(F)cc(F)c4)c(C(N)=O)cn3)cc2)CC1. The molecular formula is C28H33F2N5O. The standard InChI is InChI=1S/C28H33F2N5O/c1-18(2)17-35-9-7-21(8-10-35)20-3-5-24(6-4-20)34-27-14-26(25(16-33-27)28(31)36)32-15-19-11-22(29)13-23(30)12-19/h3-6,11-14,16,18,21H,7-10,15,17H2,1-2H3,(H2,31,36)(H2,32,33,34). The van der Waals surface area contributed by atoms with Gasteiger partial charge in [-0.3, -0.25) is 4.79 Å². The number of nitrogens with one attached hydrogen (secondary N) is 2. The van der Waals surface area contributed by atoms with Gasteiger partial charge < -0.3 is 21.3 Å². The number of amides is 1. The first-order valence-corrected chi connectivity index (χ1v) is 12.3. The summed E-state index contributed by atoms with van der Waals surface area (Å²) in [6.07, 6.45) is 3.72. The van der Waals surface area contributed by atoms with Crippen molar-refractivity contribution in [2.75, 3.05) is 30.3 Å². The topological polar surface area (TPSA) is 83.3 Å². The Balaban J connectivity index is 1.41. The molecule has 0 bridgehead atoms. The zero-order valence-electron chi connectivity index (χ0n) is 20.7. The van der Waals surface area contributed by atoms with E-state index in [0.717, 1.165) is 31.4 Å². The van der Waals surface area contributed by atoms with Crippen LogP contribution in [0.5, 0.6) is 0 Å². The lowest BCUT2D eigenvalue weighted by atomic mass is 9.89. The van der Waals surface area contributed by atoms with E-state index in [1.807, 2.05) is 12.1 Å². The molecule has 1 fully saturated rings. The first-order valence-electron chi connectivity index (χ1n) is 12.3. The molecule has 0 aliphatic carbocycles. The van der Waals surface area contributed by atoms with E-state index in [1.165, 1.54) is 36.7 Å². The number of aromatic nitrogens is 1. The predicted octanol–water partition coefficient (Wildman–Crippen LogP) is 5.65. The lowest BCUT2D eigenvalue weighted by Gasteiger charge is -2.33. The summed E-state index contributed by atoms with van der Waals surface area (Å²) in [6.45, 7) is 8.07. The molecule has 1 aliphatic rings. The van der Waals surface area contributed by atoms with Crippen molar-refractivity contribution in [2.24, 2.45) is 11.7 Å². The Bertz CT molecular complexity index is 1170. The fourth-order valence-electron chi connectivity index (χ4n) is 4.73. The third-order valence-corrected chi connectivity index (χ3v) is 6.44. The number of halogens is 2. The minimum atomic E-state index is -0.663. The molecule has 8 heteroatoms. The molecule has 3 aromatic rings. The number of rotatable bonds is 9. The van der Waals surface area contributed by atoms with Gasteiger partial charge in [0.2, 0.25) is 0 Å². The van der Waals surface area contributed by atoms with E-state index in [0.29, 0.717) is 28.9 Å². The van der Waals surface area contributed by atoms with E-state index in [2.05, 4.69) is 46.5 Å². The molecule has 2 aromatic carbocycles. The maximum Gasteiger partial charge on any atom is 0.252 e. The monoisotopic (exact) mass is 493 g/mol. The van der Waals surface area contributed by atoms with Gasteiger partial charge in [0.05, 0.1) is 11.3 Å². The number of hydrogen-bond acceptors (Lipinski definition) is 5. The van der Waals surface area contributed by atoms with Crippen molar-refractivity contribution in [2.45, 2.75) is 39.2 Å². The molecule has 1 aliphatic heterocycles. The van der Waals surface area contributed by atoms with Crippen LogP contribution in [-0.2, 0) is 6.54 Å². The van der Waals surface area contributed by atoms with Gasteiger partial charge in [0.25, 0.3) is 5.91 Å². The van der Waals surface area contributed by atoms with Crippen LogP contribution in [0.15, 0.2) is 54.7 Å². The Morgan fingerprint density at radius 2 is 1.75 bits per heavy atom. The molecule has 4 N–H and O–H groups in total. The third-order valence-electron chi connectivity index (χ3n) is 6.44. The molecular weight excluding hydrogens is 460 g/mol. The first kappa shape index (κ1) is 25.6.